The van der Waals surface area contributed by atoms with Gasteiger partial charge in [-0.05, 0) is 61.5 Å². The summed E-state index contributed by atoms with van der Waals surface area (Å²) in [5.41, 5.74) is 1.88. The van der Waals surface area contributed by atoms with Gasteiger partial charge in [-0.25, -0.2) is 18.1 Å². The molecule has 0 spiro atoms. The summed E-state index contributed by atoms with van der Waals surface area (Å²) in [4.78, 5) is 25.9. The average molecular weight is 456 g/mol. The summed E-state index contributed by atoms with van der Waals surface area (Å²) in [5.74, 6) is -0.815. The summed E-state index contributed by atoms with van der Waals surface area (Å²) in [6, 6.07) is 12.4. The Balaban J connectivity index is 1.55. The minimum Gasteiger partial charge on any atom is -0.434 e. The first-order valence-electron chi connectivity index (χ1n) is 10.9. The SMILES string of the molecule is Cc1nccc2cc(-c3nc(-n4ccc(C5CC5)nc4=O)c(-c4cc(F)cc(F)c4)o3)ccc12. The largest absolute Gasteiger partial charge is 0.434 e. The Morgan fingerprint density at radius 3 is 2.50 bits per heavy atom. The van der Waals surface area contributed by atoms with Crippen LogP contribution in [-0.4, -0.2) is 19.5 Å². The highest BCUT2D eigenvalue weighted by atomic mass is 19.1. The van der Waals surface area contributed by atoms with Crippen LogP contribution in [0.3, 0.4) is 0 Å². The number of halogens is 2. The van der Waals surface area contributed by atoms with Crippen LogP contribution in [0.25, 0.3) is 39.4 Å². The lowest BCUT2D eigenvalue weighted by atomic mass is 10.1. The molecule has 168 valence electrons. The summed E-state index contributed by atoms with van der Waals surface area (Å²) in [5, 5.41) is 1.93. The molecule has 1 fully saturated rings. The van der Waals surface area contributed by atoms with Crippen molar-refractivity contribution in [3.8, 4) is 28.6 Å². The van der Waals surface area contributed by atoms with Crippen molar-refractivity contribution >= 4 is 10.8 Å². The van der Waals surface area contributed by atoms with Gasteiger partial charge in [0.15, 0.2) is 11.6 Å². The Labute approximate surface area is 192 Å². The Bertz CT molecular complexity index is 1620. The van der Waals surface area contributed by atoms with E-state index < -0.39 is 17.3 Å². The molecular formula is C26H18F2N4O2. The second kappa shape index (κ2) is 7.69. The maximum absolute atomic E-state index is 14.0. The van der Waals surface area contributed by atoms with E-state index >= 15 is 0 Å². The number of fused-ring (bicyclic) bond motifs is 1. The van der Waals surface area contributed by atoms with E-state index in [4.69, 9.17) is 4.42 Å². The molecule has 0 bridgehead atoms. The van der Waals surface area contributed by atoms with Crippen LogP contribution < -0.4 is 5.69 Å². The molecular weight excluding hydrogens is 438 g/mol. The lowest BCUT2D eigenvalue weighted by molar-refractivity contribution is 0.571. The highest BCUT2D eigenvalue weighted by molar-refractivity contribution is 5.88. The lowest BCUT2D eigenvalue weighted by Gasteiger charge is -2.05. The van der Waals surface area contributed by atoms with E-state index in [1.54, 1.807) is 18.5 Å². The molecule has 0 unspecified atom stereocenters. The van der Waals surface area contributed by atoms with Gasteiger partial charge in [0.25, 0.3) is 0 Å². The van der Waals surface area contributed by atoms with Gasteiger partial charge in [-0.2, -0.15) is 9.97 Å². The van der Waals surface area contributed by atoms with E-state index in [0.717, 1.165) is 53.2 Å². The molecule has 0 atom stereocenters. The number of benzene rings is 2. The zero-order chi connectivity index (χ0) is 23.4. The van der Waals surface area contributed by atoms with Crippen LogP contribution in [-0.2, 0) is 0 Å². The lowest BCUT2D eigenvalue weighted by Crippen LogP contribution is -2.22. The van der Waals surface area contributed by atoms with Crippen LogP contribution in [0.15, 0.2) is 70.1 Å². The number of aryl methyl sites for hydroxylation is 1. The molecule has 6 rings (SSSR count). The van der Waals surface area contributed by atoms with Crippen molar-refractivity contribution in [1.29, 1.82) is 0 Å². The minimum atomic E-state index is -0.762. The molecule has 1 saturated carbocycles. The topological polar surface area (TPSA) is 73.8 Å². The normalized spacial score (nSPS) is 13.5. The molecule has 34 heavy (non-hydrogen) atoms. The summed E-state index contributed by atoms with van der Waals surface area (Å²) in [6.07, 6.45) is 5.32. The first-order chi connectivity index (χ1) is 16.5. The molecule has 0 radical (unpaired) electrons. The number of nitrogens with zero attached hydrogens (tertiary/aromatic N) is 4. The maximum Gasteiger partial charge on any atom is 0.353 e. The Morgan fingerprint density at radius 1 is 0.971 bits per heavy atom. The minimum absolute atomic E-state index is 0.0717. The molecule has 2 aromatic carbocycles. The molecule has 0 N–H and O–H groups in total. The molecule has 1 aliphatic rings. The summed E-state index contributed by atoms with van der Waals surface area (Å²) < 4.78 is 35.3. The van der Waals surface area contributed by atoms with Crippen LogP contribution in [0.1, 0.15) is 30.1 Å². The molecule has 6 nitrogen and oxygen atoms in total. The molecule has 0 aliphatic heterocycles. The Hall–Kier alpha value is -4.20. The van der Waals surface area contributed by atoms with E-state index in [1.165, 1.54) is 4.57 Å². The monoisotopic (exact) mass is 456 g/mol. The summed E-state index contributed by atoms with van der Waals surface area (Å²) in [7, 11) is 0. The second-order valence-corrected chi connectivity index (χ2v) is 8.44. The zero-order valence-electron chi connectivity index (χ0n) is 18.1. The highest BCUT2D eigenvalue weighted by Gasteiger charge is 2.26. The van der Waals surface area contributed by atoms with Gasteiger partial charge in [-0.3, -0.25) is 4.98 Å². The quantitative estimate of drug-likeness (QED) is 0.354. The molecule has 1 aliphatic carbocycles. The van der Waals surface area contributed by atoms with Gasteiger partial charge < -0.3 is 4.42 Å². The number of hydrogen-bond acceptors (Lipinski definition) is 5. The number of oxazole rings is 1. The van der Waals surface area contributed by atoms with Crippen LogP contribution >= 0.6 is 0 Å². The summed E-state index contributed by atoms with van der Waals surface area (Å²) >= 11 is 0. The number of rotatable bonds is 4. The molecule has 8 heteroatoms. The smallest absolute Gasteiger partial charge is 0.353 e. The van der Waals surface area contributed by atoms with Gasteiger partial charge in [-0.1, -0.05) is 6.07 Å². The van der Waals surface area contributed by atoms with Crippen molar-refractivity contribution in [2.24, 2.45) is 0 Å². The first kappa shape index (κ1) is 20.4. The fourth-order valence-corrected chi connectivity index (χ4v) is 4.12. The van der Waals surface area contributed by atoms with E-state index in [-0.39, 0.29) is 23.0 Å². The molecule has 3 aromatic heterocycles. The predicted molar refractivity (Wildman–Crippen MR) is 123 cm³/mol. The highest BCUT2D eigenvalue weighted by Crippen LogP contribution is 2.38. The van der Waals surface area contributed by atoms with Crippen molar-refractivity contribution in [1.82, 2.24) is 19.5 Å². The van der Waals surface area contributed by atoms with Crippen molar-refractivity contribution in [3.63, 3.8) is 0 Å². The molecule has 3 heterocycles. The van der Waals surface area contributed by atoms with E-state index in [9.17, 15) is 13.6 Å². The van der Waals surface area contributed by atoms with Crippen molar-refractivity contribution in [2.45, 2.75) is 25.7 Å². The van der Waals surface area contributed by atoms with E-state index in [2.05, 4.69) is 15.0 Å². The first-order valence-corrected chi connectivity index (χ1v) is 10.9. The van der Waals surface area contributed by atoms with Crippen LogP contribution in [0.5, 0.6) is 0 Å². The molecule has 0 saturated heterocycles. The van der Waals surface area contributed by atoms with Gasteiger partial charge in [0.05, 0.1) is 5.69 Å². The van der Waals surface area contributed by atoms with Gasteiger partial charge in [0.1, 0.15) is 11.6 Å². The molecule has 5 aromatic rings. The van der Waals surface area contributed by atoms with Gasteiger partial charge >= 0.3 is 5.69 Å². The number of aromatic nitrogens is 4. The fourth-order valence-electron chi connectivity index (χ4n) is 4.12. The second-order valence-electron chi connectivity index (χ2n) is 8.44. The van der Waals surface area contributed by atoms with Crippen molar-refractivity contribution in [3.05, 3.63) is 94.4 Å². The Morgan fingerprint density at radius 2 is 1.76 bits per heavy atom. The van der Waals surface area contributed by atoms with Crippen LogP contribution in [0, 0.1) is 18.6 Å². The van der Waals surface area contributed by atoms with Crippen LogP contribution in [0.2, 0.25) is 0 Å². The van der Waals surface area contributed by atoms with E-state index in [1.807, 2.05) is 31.2 Å². The van der Waals surface area contributed by atoms with Crippen molar-refractivity contribution < 1.29 is 13.2 Å². The van der Waals surface area contributed by atoms with E-state index in [0.29, 0.717) is 11.5 Å². The number of pyridine rings is 1. The maximum atomic E-state index is 14.0. The Kier molecular flexibility index (Phi) is 4.62. The number of hydrogen-bond donors (Lipinski definition) is 0. The third kappa shape index (κ3) is 3.57. The average Bonchev–Trinajstić information content (AvgIpc) is 3.57. The van der Waals surface area contributed by atoms with Crippen LogP contribution in [0.4, 0.5) is 8.78 Å². The third-order valence-corrected chi connectivity index (χ3v) is 5.99. The van der Waals surface area contributed by atoms with Gasteiger partial charge in [-0.15, -0.1) is 0 Å². The zero-order valence-corrected chi connectivity index (χ0v) is 18.1. The van der Waals surface area contributed by atoms with Gasteiger partial charge in [0.2, 0.25) is 5.89 Å². The summed E-state index contributed by atoms with van der Waals surface area (Å²) in [6.45, 7) is 1.92. The standard InChI is InChI=1S/C26H18F2N4O2/c1-14-21-5-4-17(10-16(21)6-8-29-14)25-31-24(23(34-25)18-11-19(27)13-20(28)12-18)32-9-7-22(15-2-3-15)30-26(32)33/h4-13,15H,2-3H2,1H3. The van der Waals surface area contributed by atoms with Gasteiger partial charge in [0, 0.05) is 46.6 Å². The predicted octanol–water partition coefficient (Wildman–Crippen LogP) is 5.57. The molecule has 0 amide bonds. The third-order valence-electron chi connectivity index (χ3n) is 5.99. The fraction of sp³-hybridized carbons (Fsp3) is 0.154. The van der Waals surface area contributed by atoms with Crippen molar-refractivity contribution in [2.75, 3.05) is 0 Å².